The van der Waals surface area contributed by atoms with E-state index in [-0.39, 0.29) is 0 Å². The molecule has 108 valence electrons. The SMILES string of the molecule is C=CCC(CC=C)(C(=O)O)C(C)(C(=O)O)S(=O)(=O)O. The molecule has 0 heterocycles. The molecule has 0 spiro atoms. The molecule has 8 heteroatoms. The summed E-state index contributed by atoms with van der Waals surface area (Å²) in [4.78, 5) is 22.8. The number of allylic oxidation sites excluding steroid dienone is 2. The Hall–Kier alpha value is -1.67. The van der Waals surface area contributed by atoms with Crippen LogP contribution in [0.2, 0.25) is 0 Å². The van der Waals surface area contributed by atoms with Gasteiger partial charge in [-0.05, 0) is 19.8 Å². The number of aliphatic carboxylic acids is 2. The van der Waals surface area contributed by atoms with E-state index in [0.717, 1.165) is 12.2 Å². The molecule has 0 aromatic carbocycles. The number of carboxylic acid groups (broad SMARTS) is 2. The Bertz CT molecular complexity index is 495. The first-order valence-corrected chi connectivity index (χ1v) is 6.61. The average molecular weight is 292 g/mol. The third-order valence-corrected chi connectivity index (χ3v) is 4.83. The fraction of sp³-hybridized carbons (Fsp3) is 0.455. The molecule has 0 aliphatic rings. The topological polar surface area (TPSA) is 129 Å². The van der Waals surface area contributed by atoms with Crippen molar-refractivity contribution in [1.29, 1.82) is 0 Å². The van der Waals surface area contributed by atoms with E-state index in [2.05, 4.69) is 13.2 Å². The molecule has 0 amide bonds. The number of hydrogen-bond acceptors (Lipinski definition) is 4. The van der Waals surface area contributed by atoms with Gasteiger partial charge in [0.05, 0.1) is 0 Å². The van der Waals surface area contributed by atoms with Crippen LogP contribution >= 0.6 is 0 Å². The van der Waals surface area contributed by atoms with Crippen LogP contribution in [0.3, 0.4) is 0 Å². The van der Waals surface area contributed by atoms with Crippen molar-refractivity contribution in [3.05, 3.63) is 25.3 Å². The summed E-state index contributed by atoms with van der Waals surface area (Å²) < 4.78 is 29.2. The van der Waals surface area contributed by atoms with Crippen molar-refractivity contribution in [2.75, 3.05) is 0 Å². The van der Waals surface area contributed by atoms with Crippen LogP contribution in [0.1, 0.15) is 19.8 Å². The maximum atomic E-state index is 11.5. The van der Waals surface area contributed by atoms with Crippen LogP contribution < -0.4 is 0 Å². The van der Waals surface area contributed by atoms with Crippen LogP contribution in [-0.2, 0) is 19.7 Å². The van der Waals surface area contributed by atoms with Crippen molar-refractivity contribution in [3.63, 3.8) is 0 Å². The van der Waals surface area contributed by atoms with Gasteiger partial charge < -0.3 is 10.2 Å². The molecule has 0 radical (unpaired) electrons. The minimum atomic E-state index is -5.19. The first-order chi connectivity index (χ1) is 8.51. The van der Waals surface area contributed by atoms with Crippen molar-refractivity contribution >= 4 is 22.1 Å². The zero-order valence-electron chi connectivity index (χ0n) is 10.4. The summed E-state index contributed by atoms with van der Waals surface area (Å²) in [6.45, 7) is 7.25. The fourth-order valence-electron chi connectivity index (χ4n) is 1.91. The highest BCUT2D eigenvalue weighted by Crippen LogP contribution is 2.44. The third kappa shape index (κ3) is 2.54. The highest BCUT2D eigenvalue weighted by atomic mass is 32.2. The zero-order chi connectivity index (χ0) is 15.5. The van der Waals surface area contributed by atoms with Crippen molar-refractivity contribution in [1.82, 2.24) is 0 Å². The summed E-state index contributed by atoms with van der Waals surface area (Å²) >= 11 is 0. The van der Waals surface area contributed by atoms with Crippen molar-refractivity contribution < 1.29 is 32.8 Å². The van der Waals surface area contributed by atoms with Crippen molar-refractivity contribution in [3.8, 4) is 0 Å². The van der Waals surface area contributed by atoms with Gasteiger partial charge in [-0.25, -0.2) is 0 Å². The molecule has 19 heavy (non-hydrogen) atoms. The second-order valence-electron chi connectivity index (χ2n) is 4.19. The van der Waals surface area contributed by atoms with Gasteiger partial charge in [-0.15, -0.1) is 13.2 Å². The molecule has 0 saturated carbocycles. The van der Waals surface area contributed by atoms with Gasteiger partial charge in [-0.2, -0.15) is 8.42 Å². The standard InChI is InChI=1S/C11H16O7S/c1-4-6-11(7-5-2,9(14)15)10(3,8(12)13)19(16,17)18/h4-5H,1-2,6-7H2,3H3,(H,12,13)(H,14,15)(H,16,17,18). The predicted octanol–water partition coefficient (Wildman–Crippen LogP) is 0.941. The van der Waals surface area contributed by atoms with Crippen LogP contribution in [0.25, 0.3) is 0 Å². The van der Waals surface area contributed by atoms with Crippen molar-refractivity contribution in [2.45, 2.75) is 24.5 Å². The van der Waals surface area contributed by atoms with E-state index >= 15 is 0 Å². The molecular formula is C11H16O7S. The molecule has 0 fully saturated rings. The molecule has 0 bridgehead atoms. The predicted molar refractivity (Wildman–Crippen MR) is 67.3 cm³/mol. The Morgan fingerprint density at radius 2 is 1.47 bits per heavy atom. The number of rotatable bonds is 8. The number of carboxylic acids is 2. The Kier molecular flexibility index (Phi) is 5.05. The summed E-state index contributed by atoms with van der Waals surface area (Å²) in [5.41, 5.74) is -2.30. The molecule has 0 rings (SSSR count). The monoisotopic (exact) mass is 292 g/mol. The van der Waals surface area contributed by atoms with Gasteiger partial charge in [0, 0.05) is 0 Å². The lowest BCUT2D eigenvalue weighted by atomic mass is 9.70. The maximum Gasteiger partial charge on any atom is 0.328 e. The minimum absolute atomic E-state index is 0.461. The summed E-state index contributed by atoms with van der Waals surface area (Å²) in [7, 11) is -5.19. The van der Waals surface area contributed by atoms with E-state index in [1.54, 1.807) is 0 Å². The number of hydrogen-bond donors (Lipinski definition) is 3. The van der Waals surface area contributed by atoms with Gasteiger partial charge >= 0.3 is 11.9 Å². The lowest BCUT2D eigenvalue weighted by Crippen LogP contribution is -2.60. The maximum absolute atomic E-state index is 11.5. The largest absolute Gasteiger partial charge is 0.481 e. The van der Waals surface area contributed by atoms with Crippen LogP contribution in [-0.4, -0.2) is 39.9 Å². The van der Waals surface area contributed by atoms with E-state index in [1.165, 1.54) is 0 Å². The Morgan fingerprint density at radius 3 is 1.63 bits per heavy atom. The van der Waals surface area contributed by atoms with Gasteiger partial charge in [0.1, 0.15) is 5.41 Å². The molecule has 1 atom stereocenters. The van der Waals surface area contributed by atoms with Gasteiger partial charge in [0.25, 0.3) is 10.1 Å². The highest BCUT2D eigenvalue weighted by molar-refractivity contribution is 7.88. The summed E-state index contributed by atoms with van der Waals surface area (Å²) in [5.74, 6) is -3.63. The van der Waals surface area contributed by atoms with Crippen LogP contribution in [0.4, 0.5) is 0 Å². The second-order valence-corrected chi connectivity index (χ2v) is 5.95. The van der Waals surface area contributed by atoms with Crippen LogP contribution in [0.5, 0.6) is 0 Å². The highest BCUT2D eigenvalue weighted by Gasteiger charge is 2.65. The van der Waals surface area contributed by atoms with Crippen LogP contribution in [0, 0.1) is 5.41 Å². The molecule has 7 nitrogen and oxygen atoms in total. The van der Waals surface area contributed by atoms with E-state index in [1.807, 2.05) is 0 Å². The fourth-order valence-corrected chi connectivity index (χ4v) is 2.87. The molecule has 3 N–H and O–H groups in total. The normalized spacial score (nSPS) is 15.3. The van der Waals surface area contributed by atoms with E-state index in [9.17, 15) is 27.7 Å². The van der Waals surface area contributed by atoms with Crippen molar-refractivity contribution in [2.24, 2.45) is 5.41 Å². The molecule has 1 unspecified atom stereocenters. The summed E-state index contributed by atoms with van der Waals surface area (Å²) in [6.07, 6.45) is 1.25. The lowest BCUT2D eigenvalue weighted by molar-refractivity contribution is -0.159. The van der Waals surface area contributed by atoms with Gasteiger partial charge in [-0.1, -0.05) is 12.2 Å². The quantitative estimate of drug-likeness (QED) is 0.448. The average Bonchev–Trinajstić information content (AvgIpc) is 2.25. The molecule has 0 saturated heterocycles. The molecule has 0 aliphatic heterocycles. The third-order valence-electron chi connectivity index (χ3n) is 3.23. The summed E-state index contributed by atoms with van der Waals surface area (Å²) in [6, 6.07) is 0. The first-order valence-electron chi connectivity index (χ1n) is 5.17. The minimum Gasteiger partial charge on any atom is -0.481 e. The smallest absolute Gasteiger partial charge is 0.328 e. The first kappa shape index (κ1) is 17.3. The van der Waals surface area contributed by atoms with Crippen LogP contribution in [0.15, 0.2) is 25.3 Å². The zero-order valence-corrected chi connectivity index (χ0v) is 11.2. The van der Waals surface area contributed by atoms with E-state index in [0.29, 0.717) is 6.92 Å². The van der Waals surface area contributed by atoms with Gasteiger partial charge in [0.15, 0.2) is 0 Å². The molecular weight excluding hydrogens is 276 g/mol. The lowest BCUT2D eigenvalue weighted by Gasteiger charge is -2.39. The molecule has 0 aromatic heterocycles. The molecule has 0 aromatic rings. The number of carbonyl (C=O) groups is 2. The van der Waals surface area contributed by atoms with Gasteiger partial charge in [0.2, 0.25) is 4.75 Å². The Labute approximate surface area is 111 Å². The summed E-state index contributed by atoms with van der Waals surface area (Å²) in [5, 5.41) is 18.4. The molecule has 0 aliphatic carbocycles. The second kappa shape index (κ2) is 5.54. The van der Waals surface area contributed by atoms with E-state index in [4.69, 9.17) is 5.11 Å². The van der Waals surface area contributed by atoms with E-state index < -0.39 is 45.1 Å². The van der Waals surface area contributed by atoms with Gasteiger partial charge in [-0.3, -0.25) is 14.1 Å². The Morgan fingerprint density at radius 1 is 1.11 bits per heavy atom. The Balaban J connectivity index is 6.51.